The average molecular weight is 273 g/mol. The molecule has 1 aromatic rings. The number of hydrogen-bond acceptors (Lipinski definition) is 7. The minimum atomic E-state index is -1.24. The van der Waals surface area contributed by atoms with E-state index >= 15 is 0 Å². The van der Waals surface area contributed by atoms with Gasteiger partial charge in [-0.25, -0.2) is 4.79 Å². The zero-order valence-electron chi connectivity index (χ0n) is 10.2. The fourth-order valence-electron chi connectivity index (χ4n) is 1.93. The Hall–Kier alpha value is -1.55. The molecule has 4 atom stereocenters. The van der Waals surface area contributed by atoms with Crippen LogP contribution in [0.5, 0.6) is 0 Å². The fraction of sp³-hybridized carbons (Fsp3) is 0.700. The minimum Gasteiger partial charge on any atom is -0.394 e. The van der Waals surface area contributed by atoms with E-state index in [1.807, 2.05) is 0 Å². The first-order valence-corrected chi connectivity index (χ1v) is 5.76. The molecule has 2 heterocycles. The van der Waals surface area contributed by atoms with Gasteiger partial charge in [-0.15, -0.1) is 0 Å². The molecule has 1 aliphatic heterocycles. The van der Waals surface area contributed by atoms with Crippen LogP contribution in [0.25, 0.3) is 0 Å². The lowest BCUT2D eigenvalue weighted by Gasteiger charge is -2.36. The first-order chi connectivity index (χ1) is 8.93. The first-order valence-electron chi connectivity index (χ1n) is 5.76. The van der Waals surface area contributed by atoms with Crippen molar-refractivity contribution in [3.63, 3.8) is 0 Å². The SMILES string of the molecule is Cc1nn([C@@H]2C[C@H](O)[C@H](O)[C@H](CO)O2)c(=O)[nH]c1=O. The molecular formula is C10H15N3O6. The zero-order valence-corrected chi connectivity index (χ0v) is 10.2. The number of aliphatic hydroxyl groups is 3. The smallest absolute Gasteiger partial charge is 0.347 e. The second-order valence-electron chi connectivity index (χ2n) is 4.39. The van der Waals surface area contributed by atoms with Crippen molar-refractivity contribution in [1.29, 1.82) is 0 Å². The summed E-state index contributed by atoms with van der Waals surface area (Å²) in [6.45, 7) is 0.915. The summed E-state index contributed by atoms with van der Waals surface area (Å²) in [5, 5.41) is 32.1. The number of nitrogens with zero attached hydrogens (tertiary/aromatic N) is 2. The summed E-state index contributed by atoms with van der Waals surface area (Å²) >= 11 is 0. The number of H-pyrrole nitrogens is 1. The highest BCUT2D eigenvalue weighted by molar-refractivity contribution is 4.90. The van der Waals surface area contributed by atoms with Crippen LogP contribution in [0.15, 0.2) is 9.59 Å². The molecule has 4 N–H and O–H groups in total. The number of rotatable bonds is 2. The van der Waals surface area contributed by atoms with Gasteiger partial charge in [-0.2, -0.15) is 9.78 Å². The molecule has 9 nitrogen and oxygen atoms in total. The van der Waals surface area contributed by atoms with E-state index in [-0.39, 0.29) is 12.1 Å². The highest BCUT2D eigenvalue weighted by Gasteiger charge is 2.38. The molecule has 0 spiro atoms. The summed E-state index contributed by atoms with van der Waals surface area (Å²) in [6.07, 6.45) is -4.44. The van der Waals surface area contributed by atoms with Crippen molar-refractivity contribution in [3.05, 3.63) is 26.5 Å². The summed E-state index contributed by atoms with van der Waals surface area (Å²) in [5.41, 5.74) is -1.30. The summed E-state index contributed by atoms with van der Waals surface area (Å²) in [4.78, 5) is 24.9. The summed E-state index contributed by atoms with van der Waals surface area (Å²) in [6, 6.07) is 0. The van der Waals surface area contributed by atoms with Crippen LogP contribution < -0.4 is 11.2 Å². The molecular weight excluding hydrogens is 258 g/mol. The van der Waals surface area contributed by atoms with Crippen LogP contribution in [0.1, 0.15) is 18.3 Å². The first kappa shape index (κ1) is 13.9. The average Bonchev–Trinajstić information content (AvgIpc) is 2.37. The van der Waals surface area contributed by atoms with Crippen molar-refractivity contribution >= 4 is 0 Å². The van der Waals surface area contributed by atoms with Crippen molar-refractivity contribution in [2.24, 2.45) is 0 Å². The Bertz CT molecular complexity index is 567. The third-order valence-corrected chi connectivity index (χ3v) is 3.02. The van der Waals surface area contributed by atoms with Crippen LogP contribution in [0.2, 0.25) is 0 Å². The minimum absolute atomic E-state index is 0.0734. The largest absolute Gasteiger partial charge is 0.394 e. The standard InChI is InChI=1S/C10H15N3O6/c1-4-9(17)11-10(18)13(12-4)7-2-5(15)8(16)6(3-14)19-7/h5-8,14-16H,2-3H2,1H3,(H,11,17,18)/t5-,6-,7-,8-/m0/s1. The lowest BCUT2D eigenvalue weighted by Crippen LogP contribution is -2.50. The third kappa shape index (κ3) is 2.59. The van der Waals surface area contributed by atoms with Crippen LogP contribution in [0.4, 0.5) is 0 Å². The van der Waals surface area contributed by atoms with Gasteiger partial charge >= 0.3 is 5.69 Å². The van der Waals surface area contributed by atoms with Crippen LogP contribution in [0, 0.1) is 6.92 Å². The third-order valence-electron chi connectivity index (χ3n) is 3.02. The van der Waals surface area contributed by atoms with Gasteiger partial charge in [0.2, 0.25) is 0 Å². The predicted molar refractivity (Wildman–Crippen MR) is 61.5 cm³/mol. The maximum absolute atomic E-state index is 11.6. The van der Waals surface area contributed by atoms with Gasteiger partial charge in [-0.1, -0.05) is 0 Å². The van der Waals surface area contributed by atoms with Gasteiger partial charge in [-0.3, -0.25) is 9.78 Å². The molecule has 0 aliphatic carbocycles. The quantitative estimate of drug-likeness (QED) is 0.458. The molecule has 1 fully saturated rings. The summed E-state index contributed by atoms with van der Waals surface area (Å²) in [7, 11) is 0. The Morgan fingerprint density at radius 1 is 1.47 bits per heavy atom. The Kier molecular flexibility index (Phi) is 3.80. The molecule has 0 aromatic carbocycles. The number of aromatic nitrogens is 3. The second-order valence-corrected chi connectivity index (χ2v) is 4.39. The lowest BCUT2D eigenvalue weighted by atomic mass is 10.0. The van der Waals surface area contributed by atoms with Gasteiger partial charge < -0.3 is 20.1 Å². The van der Waals surface area contributed by atoms with Gasteiger partial charge in [0.1, 0.15) is 17.9 Å². The second kappa shape index (κ2) is 5.21. The van der Waals surface area contributed by atoms with E-state index in [0.29, 0.717) is 0 Å². The van der Waals surface area contributed by atoms with Gasteiger partial charge in [0.15, 0.2) is 6.23 Å². The molecule has 0 bridgehead atoms. The number of aromatic amines is 1. The molecule has 0 saturated carbocycles. The Labute approximate surface area is 107 Å². The molecule has 2 rings (SSSR count). The topological polar surface area (TPSA) is 138 Å². The Morgan fingerprint density at radius 3 is 2.79 bits per heavy atom. The number of aliphatic hydroxyl groups excluding tert-OH is 3. The molecule has 9 heteroatoms. The Morgan fingerprint density at radius 2 is 2.16 bits per heavy atom. The molecule has 1 saturated heterocycles. The van der Waals surface area contributed by atoms with E-state index in [0.717, 1.165) is 4.68 Å². The van der Waals surface area contributed by atoms with Crippen molar-refractivity contribution in [2.45, 2.75) is 37.9 Å². The van der Waals surface area contributed by atoms with Gasteiger partial charge in [0, 0.05) is 6.42 Å². The van der Waals surface area contributed by atoms with Crippen LogP contribution >= 0.6 is 0 Å². The highest BCUT2D eigenvalue weighted by Crippen LogP contribution is 2.25. The van der Waals surface area contributed by atoms with Crippen LogP contribution in [-0.2, 0) is 4.74 Å². The number of ether oxygens (including phenoxy) is 1. The maximum Gasteiger partial charge on any atom is 0.347 e. The predicted octanol–water partition coefficient (Wildman–Crippen LogP) is -2.76. The van der Waals surface area contributed by atoms with Crippen LogP contribution in [0.3, 0.4) is 0 Å². The summed E-state index contributed by atoms with van der Waals surface area (Å²) in [5.74, 6) is 0. The number of nitrogens with one attached hydrogen (secondary N) is 1. The van der Waals surface area contributed by atoms with Crippen molar-refractivity contribution in [1.82, 2.24) is 14.8 Å². The zero-order chi connectivity index (χ0) is 14.2. The van der Waals surface area contributed by atoms with E-state index in [1.165, 1.54) is 6.92 Å². The van der Waals surface area contributed by atoms with E-state index in [9.17, 15) is 19.8 Å². The molecule has 106 valence electrons. The monoisotopic (exact) mass is 273 g/mol. The summed E-state index contributed by atoms with van der Waals surface area (Å²) < 4.78 is 6.18. The van der Waals surface area contributed by atoms with Gasteiger partial charge in [-0.05, 0) is 6.92 Å². The maximum atomic E-state index is 11.6. The molecule has 0 amide bonds. The molecule has 19 heavy (non-hydrogen) atoms. The number of hydrogen-bond donors (Lipinski definition) is 4. The fourth-order valence-corrected chi connectivity index (χ4v) is 1.93. The van der Waals surface area contributed by atoms with E-state index in [2.05, 4.69) is 10.1 Å². The van der Waals surface area contributed by atoms with E-state index in [1.54, 1.807) is 0 Å². The van der Waals surface area contributed by atoms with Gasteiger partial charge in [0.25, 0.3) is 5.56 Å². The molecule has 0 radical (unpaired) electrons. The van der Waals surface area contributed by atoms with E-state index in [4.69, 9.17) is 9.84 Å². The van der Waals surface area contributed by atoms with Crippen LogP contribution in [-0.4, -0.2) is 55.0 Å². The molecule has 1 aliphatic rings. The number of aryl methyl sites for hydroxylation is 1. The van der Waals surface area contributed by atoms with E-state index < -0.39 is 42.4 Å². The van der Waals surface area contributed by atoms with Crippen molar-refractivity contribution < 1.29 is 20.1 Å². The van der Waals surface area contributed by atoms with Crippen molar-refractivity contribution in [2.75, 3.05) is 6.61 Å². The highest BCUT2D eigenvalue weighted by atomic mass is 16.5. The Balaban J connectivity index is 2.35. The molecule has 0 unspecified atom stereocenters. The molecule has 1 aromatic heterocycles. The normalized spacial score (nSPS) is 31.4. The van der Waals surface area contributed by atoms with Gasteiger partial charge in [0.05, 0.1) is 12.7 Å². The lowest BCUT2D eigenvalue weighted by molar-refractivity contribution is -0.205. The van der Waals surface area contributed by atoms with Crippen molar-refractivity contribution in [3.8, 4) is 0 Å².